The fourth-order valence-corrected chi connectivity index (χ4v) is 3.16. The van der Waals surface area contributed by atoms with Gasteiger partial charge in [-0.25, -0.2) is 14.3 Å². The van der Waals surface area contributed by atoms with Gasteiger partial charge in [0.25, 0.3) is 0 Å². The zero-order chi connectivity index (χ0) is 17.4. The highest BCUT2D eigenvalue weighted by Crippen LogP contribution is 2.40. The monoisotopic (exact) mass is 338 g/mol. The van der Waals surface area contributed by atoms with Gasteiger partial charge in [0, 0.05) is 18.3 Å². The summed E-state index contributed by atoms with van der Waals surface area (Å²) < 4.78 is 1.63. The smallest absolute Gasteiger partial charge is 0.320 e. The zero-order valence-electron chi connectivity index (χ0n) is 13.7. The molecule has 2 amide bonds. The van der Waals surface area contributed by atoms with Crippen molar-refractivity contribution in [1.29, 1.82) is 0 Å². The Morgan fingerprint density at radius 3 is 2.88 bits per heavy atom. The quantitative estimate of drug-likeness (QED) is 0.678. The number of aromatic nitrogens is 4. The van der Waals surface area contributed by atoms with Crippen LogP contribution in [0.3, 0.4) is 0 Å². The van der Waals surface area contributed by atoms with Gasteiger partial charge in [-0.05, 0) is 37.8 Å². The summed E-state index contributed by atoms with van der Waals surface area (Å²) in [5, 5.41) is 10.1. The van der Waals surface area contributed by atoms with Gasteiger partial charge in [-0.3, -0.25) is 4.79 Å². The number of H-pyrrole nitrogens is 1. The van der Waals surface area contributed by atoms with Crippen molar-refractivity contribution < 1.29 is 4.79 Å². The van der Waals surface area contributed by atoms with Gasteiger partial charge in [-0.2, -0.15) is 5.10 Å². The summed E-state index contributed by atoms with van der Waals surface area (Å²) in [6, 6.07) is 4.80. The lowest BCUT2D eigenvalue weighted by atomic mass is 9.72. The van der Waals surface area contributed by atoms with Crippen LogP contribution >= 0.6 is 0 Å². The highest BCUT2D eigenvalue weighted by molar-refractivity contribution is 5.89. The number of anilines is 1. The van der Waals surface area contributed by atoms with Crippen LogP contribution in [0.1, 0.15) is 30.5 Å². The first kappa shape index (κ1) is 15.4. The minimum atomic E-state index is -0.436. The predicted molar refractivity (Wildman–Crippen MR) is 92.5 cm³/mol. The normalized spacial score (nSPS) is 15.6. The van der Waals surface area contributed by atoms with Gasteiger partial charge in [-0.1, -0.05) is 0 Å². The van der Waals surface area contributed by atoms with E-state index in [0.29, 0.717) is 5.69 Å². The van der Waals surface area contributed by atoms with Crippen LogP contribution in [0.2, 0.25) is 0 Å². The summed E-state index contributed by atoms with van der Waals surface area (Å²) in [6.07, 6.45) is 7.69. The molecule has 1 aliphatic rings. The number of aromatic amines is 1. The second kappa shape index (κ2) is 5.73. The van der Waals surface area contributed by atoms with Gasteiger partial charge in [0.05, 0.1) is 29.3 Å². The molecule has 4 rings (SSSR count). The number of fused-ring (bicyclic) bond motifs is 1. The first-order chi connectivity index (χ1) is 12.0. The van der Waals surface area contributed by atoms with E-state index in [4.69, 9.17) is 0 Å². The lowest BCUT2D eigenvalue weighted by Gasteiger charge is -2.42. The molecule has 25 heavy (non-hydrogen) atoms. The van der Waals surface area contributed by atoms with Gasteiger partial charge in [0.1, 0.15) is 0 Å². The van der Waals surface area contributed by atoms with Crippen LogP contribution in [0.4, 0.5) is 10.5 Å². The lowest BCUT2D eigenvalue weighted by Crippen LogP contribution is -2.52. The molecular weight excluding hydrogens is 320 g/mol. The summed E-state index contributed by atoms with van der Waals surface area (Å²) in [6.45, 7) is 1.89. The maximum Gasteiger partial charge on any atom is 0.320 e. The molecule has 1 aliphatic carbocycles. The van der Waals surface area contributed by atoms with Crippen LogP contribution in [-0.4, -0.2) is 25.6 Å². The maximum atomic E-state index is 12.5. The van der Waals surface area contributed by atoms with E-state index < -0.39 is 5.54 Å². The third-order valence-electron chi connectivity index (χ3n) is 4.59. The Balaban J connectivity index is 1.51. The minimum Gasteiger partial charge on any atom is -0.329 e. The van der Waals surface area contributed by atoms with Crippen molar-refractivity contribution in [2.45, 2.75) is 31.7 Å². The second-order valence-corrected chi connectivity index (χ2v) is 6.39. The number of nitrogens with one attached hydrogen (secondary N) is 3. The number of carbonyl (C=O) groups is 1. The molecule has 0 spiro atoms. The van der Waals surface area contributed by atoms with Crippen molar-refractivity contribution >= 4 is 17.4 Å². The molecule has 0 atom stereocenters. The predicted octanol–water partition coefficient (Wildman–Crippen LogP) is 1.93. The number of urea groups is 1. The SMILES string of the molecule is Cc1cc2ncc(NC(=O)NC3(c4ccc(=O)[nH]c4)CCC3)cn2n1. The van der Waals surface area contributed by atoms with E-state index in [1.54, 1.807) is 29.2 Å². The van der Waals surface area contributed by atoms with Crippen LogP contribution in [-0.2, 0) is 5.54 Å². The molecule has 128 valence electrons. The summed E-state index contributed by atoms with van der Waals surface area (Å²) in [4.78, 5) is 30.6. The molecule has 3 N–H and O–H groups in total. The molecule has 8 heteroatoms. The molecule has 8 nitrogen and oxygen atoms in total. The number of pyridine rings is 1. The Bertz CT molecular complexity index is 981. The number of aryl methyl sites for hydroxylation is 1. The standard InChI is InChI=1S/C17H18N6O2/c1-11-7-14-18-9-13(10-23(14)22-11)20-16(25)21-17(5-2-6-17)12-3-4-15(24)19-8-12/h3-4,7-10H,2,5-6H2,1H3,(H,19,24)(H2,20,21,25). The summed E-state index contributed by atoms with van der Waals surface area (Å²) >= 11 is 0. The third-order valence-corrected chi connectivity index (χ3v) is 4.59. The Hall–Kier alpha value is -3.16. The van der Waals surface area contributed by atoms with Crippen LogP contribution in [0.15, 0.2) is 41.6 Å². The van der Waals surface area contributed by atoms with Gasteiger partial charge in [0.2, 0.25) is 5.56 Å². The molecule has 3 aromatic heterocycles. The topological polar surface area (TPSA) is 104 Å². The number of hydrogen-bond acceptors (Lipinski definition) is 4. The van der Waals surface area contributed by atoms with E-state index in [-0.39, 0.29) is 11.6 Å². The third kappa shape index (κ3) is 2.86. The van der Waals surface area contributed by atoms with E-state index >= 15 is 0 Å². The van der Waals surface area contributed by atoms with E-state index in [2.05, 4.69) is 25.7 Å². The van der Waals surface area contributed by atoms with Crippen LogP contribution in [0.5, 0.6) is 0 Å². The molecule has 0 unspecified atom stereocenters. The molecule has 3 aromatic rings. The van der Waals surface area contributed by atoms with E-state index in [1.807, 2.05) is 13.0 Å². The molecule has 1 fully saturated rings. The fraction of sp³-hybridized carbons (Fsp3) is 0.294. The first-order valence-electron chi connectivity index (χ1n) is 8.15. The minimum absolute atomic E-state index is 0.156. The number of carbonyl (C=O) groups excluding carboxylic acids is 1. The molecule has 0 bridgehead atoms. The molecule has 0 radical (unpaired) electrons. The highest BCUT2D eigenvalue weighted by atomic mass is 16.2. The second-order valence-electron chi connectivity index (χ2n) is 6.39. The zero-order valence-corrected chi connectivity index (χ0v) is 13.7. The van der Waals surface area contributed by atoms with Crippen LogP contribution in [0, 0.1) is 6.92 Å². The molecule has 1 saturated carbocycles. The Morgan fingerprint density at radius 2 is 2.20 bits per heavy atom. The van der Waals surface area contributed by atoms with Gasteiger partial charge >= 0.3 is 6.03 Å². The van der Waals surface area contributed by atoms with Crippen molar-refractivity contribution in [3.63, 3.8) is 0 Å². The van der Waals surface area contributed by atoms with Crippen molar-refractivity contribution in [3.8, 4) is 0 Å². The van der Waals surface area contributed by atoms with Gasteiger partial charge in [0.15, 0.2) is 5.65 Å². The number of hydrogen-bond donors (Lipinski definition) is 3. The largest absolute Gasteiger partial charge is 0.329 e. The van der Waals surface area contributed by atoms with E-state index in [9.17, 15) is 9.59 Å². The van der Waals surface area contributed by atoms with E-state index in [1.165, 1.54) is 6.07 Å². The average Bonchev–Trinajstić information content (AvgIpc) is 2.91. The average molecular weight is 338 g/mol. The summed E-state index contributed by atoms with van der Waals surface area (Å²) in [7, 11) is 0. The van der Waals surface area contributed by atoms with Crippen LogP contribution in [0.25, 0.3) is 5.65 Å². The van der Waals surface area contributed by atoms with Crippen molar-refractivity contribution in [1.82, 2.24) is 24.9 Å². The Morgan fingerprint density at radius 1 is 1.36 bits per heavy atom. The molecule has 0 aromatic carbocycles. The van der Waals surface area contributed by atoms with Crippen LogP contribution < -0.4 is 16.2 Å². The summed E-state index contributed by atoms with van der Waals surface area (Å²) in [5.41, 5.74) is 2.46. The number of amides is 2. The van der Waals surface area contributed by atoms with Crippen molar-refractivity contribution in [3.05, 3.63) is 58.4 Å². The molecule has 3 heterocycles. The summed E-state index contributed by atoms with van der Waals surface area (Å²) in [5.74, 6) is 0. The van der Waals surface area contributed by atoms with Crippen molar-refractivity contribution in [2.75, 3.05) is 5.32 Å². The number of rotatable bonds is 3. The van der Waals surface area contributed by atoms with Gasteiger partial charge in [-0.15, -0.1) is 0 Å². The Labute approximate surface area is 143 Å². The highest BCUT2D eigenvalue weighted by Gasteiger charge is 2.40. The lowest BCUT2D eigenvalue weighted by molar-refractivity contribution is 0.184. The maximum absolute atomic E-state index is 12.5. The molecule has 0 aliphatic heterocycles. The molecular formula is C17H18N6O2. The first-order valence-corrected chi connectivity index (χ1v) is 8.15. The van der Waals surface area contributed by atoms with Gasteiger partial charge < -0.3 is 15.6 Å². The molecule has 0 saturated heterocycles. The fourth-order valence-electron chi connectivity index (χ4n) is 3.16. The Kier molecular flexibility index (Phi) is 3.52. The van der Waals surface area contributed by atoms with Crippen molar-refractivity contribution in [2.24, 2.45) is 0 Å². The van der Waals surface area contributed by atoms with E-state index in [0.717, 1.165) is 36.2 Å². The number of nitrogens with zero attached hydrogens (tertiary/aromatic N) is 3.